The van der Waals surface area contributed by atoms with Crippen molar-refractivity contribution in [1.82, 2.24) is 5.32 Å². The molecule has 28 heavy (non-hydrogen) atoms. The minimum atomic E-state index is -4.09. The van der Waals surface area contributed by atoms with Gasteiger partial charge in [-0.1, -0.05) is 31.2 Å². The molecule has 3 amide bonds. The van der Waals surface area contributed by atoms with E-state index < -0.39 is 16.1 Å². The van der Waals surface area contributed by atoms with Crippen molar-refractivity contribution in [1.29, 1.82) is 0 Å². The van der Waals surface area contributed by atoms with Gasteiger partial charge in [-0.15, -0.1) is 0 Å². The van der Waals surface area contributed by atoms with E-state index in [-0.39, 0.29) is 34.8 Å². The third kappa shape index (κ3) is 3.60. The predicted molar refractivity (Wildman–Crippen MR) is 108 cm³/mol. The lowest BCUT2D eigenvalue weighted by Gasteiger charge is -2.36. The Kier molecular flexibility index (Phi) is 5.42. The van der Waals surface area contributed by atoms with E-state index in [0.29, 0.717) is 0 Å². The molecule has 7 nitrogen and oxygen atoms in total. The normalized spacial score (nSPS) is 15.5. The van der Waals surface area contributed by atoms with Crippen LogP contribution in [0.5, 0.6) is 0 Å². The molecule has 1 aliphatic rings. The van der Waals surface area contributed by atoms with Gasteiger partial charge in [0, 0.05) is 6.04 Å². The van der Waals surface area contributed by atoms with E-state index in [9.17, 15) is 18.0 Å². The Balaban J connectivity index is 2.09. The highest BCUT2D eigenvalue weighted by molar-refractivity contribution is 7.94. The summed E-state index contributed by atoms with van der Waals surface area (Å²) in [6.45, 7) is 5.35. The van der Waals surface area contributed by atoms with Crippen molar-refractivity contribution >= 4 is 33.3 Å². The highest BCUT2D eigenvalue weighted by atomic mass is 32.2. The number of aryl methyl sites for hydroxylation is 1. The molecule has 1 N–H and O–H groups in total. The predicted octanol–water partition coefficient (Wildman–Crippen LogP) is 2.91. The average molecular weight is 401 g/mol. The van der Waals surface area contributed by atoms with Crippen LogP contribution in [0.25, 0.3) is 0 Å². The summed E-state index contributed by atoms with van der Waals surface area (Å²) in [4.78, 5) is 26.7. The topological polar surface area (TPSA) is 86.8 Å². The lowest BCUT2D eigenvalue weighted by Crippen LogP contribution is -2.54. The van der Waals surface area contributed by atoms with Crippen molar-refractivity contribution in [2.45, 2.75) is 38.1 Å². The van der Waals surface area contributed by atoms with Crippen LogP contribution in [0.2, 0.25) is 0 Å². The lowest BCUT2D eigenvalue weighted by molar-refractivity contribution is -0.120. The van der Waals surface area contributed by atoms with Crippen molar-refractivity contribution in [2.24, 2.45) is 0 Å². The average Bonchev–Trinajstić information content (AvgIpc) is 2.65. The second kappa shape index (κ2) is 7.63. The molecule has 0 radical (unpaired) electrons. The van der Waals surface area contributed by atoms with Crippen LogP contribution >= 0.6 is 0 Å². The minimum absolute atomic E-state index is 0.00786. The summed E-state index contributed by atoms with van der Waals surface area (Å²) < 4.78 is 27.1. The number of anilines is 2. The summed E-state index contributed by atoms with van der Waals surface area (Å²) in [6.07, 6.45) is 0.797. The first-order valence-corrected chi connectivity index (χ1v) is 10.5. The van der Waals surface area contributed by atoms with E-state index in [1.165, 1.54) is 17.0 Å². The van der Waals surface area contributed by atoms with E-state index in [1.54, 1.807) is 36.4 Å². The first-order chi connectivity index (χ1) is 13.3. The van der Waals surface area contributed by atoms with E-state index in [4.69, 9.17) is 0 Å². The molecule has 2 aromatic carbocycles. The number of fused-ring (bicyclic) bond motifs is 1. The number of nitrogens with zero attached hydrogens (tertiary/aromatic N) is 2. The third-order valence-electron chi connectivity index (χ3n) is 4.41. The highest BCUT2D eigenvalue weighted by Crippen LogP contribution is 2.37. The maximum absolute atomic E-state index is 13.2. The van der Waals surface area contributed by atoms with Crippen LogP contribution in [0.4, 0.5) is 16.2 Å². The van der Waals surface area contributed by atoms with Gasteiger partial charge < -0.3 is 5.32 Å². The molecule has 0 saturated carbocycles. The molecule has 148 valence electrons. The van der Waals surface area contributed by atoms with Gasteiger partial charge >= 0.3 is 6.03 Å². The van der Waals surface area contributed by atoms with Crippen LogP contribution in [0.3, 0.4) is 0 Å². The second-order valence-corrected chi connectivity index (χ2v) is 8.60. The molecule has 0 bridgehead atoms. The zero-order chi connectivity index (χ0) is 20.5. The first kappa shape index (κ1) is 19.9. The molecule has 1 heterocycles. The largest absolute Gasteiger partial charge is 0.352 e. The maximum Gasteiger partial charge on any atom is 0.343 e. The molecule has 0 aliphatic carbocycles. The molecule has 1 aliphatic heterocycles. The Bertz CT molecular complexity index is 1000. The fourth-order valence-corrected chi connectivity index (χ4v) is 4.69. The zero-order valence-corrected chi connectivity index (χ0v) is 16.9. The quantitative estimate of drug-likeness (QED) is 0.835. The SMILES string of the molecule is CCc1ccc(N2C(=O)N(CC(=O)NC(C)C)c3ccccc3S2(=O)=O)cc1. The van der Waals surface area contributed by atoms with Crippen molar-refractivity contribution in [3.63, 3.8) is 0 Å². The Labute approximate surface area is 165 Å². The number of hydrogen-bond donors (Lipinski definition) is 1. The van der Waals surface area contributed by atoms with Gasteiger partial charge in [0.2, 0.25) is 5.91 Å². The van der Waals surface area contributed by atoms with Gasteiger partial charge in [0.1, 0.15) is 11.4 Å². The van der Waals surface area contributed by atoms with E-state index in [0.717, 1.165) is 16.3 Å². The third-order valence-corrected chi connectivity index (χ3v) is 6.16. The molecule has 3 rings (SSSR count). The van der Waals surface area contributed by atoms with Crippen molar-refractivity contribution in [3.05, 3.63) is 54.1 Å². The lowest BCUT2D eigenvalue weighted by atomic mass is 10.1. The molecule has 0 saturated heterocycles. The van der Waals surface area contributed by atoms with Gasteiger partial charge in [-0.2, -0.15) is 4.31 Å². The summed E-state index contributed by atoms with van der Waals surface area (Å²) in [6, 6.07) is 12.1. The van der Waals surface area contributed by atoms with Crippen LogP contribution in [0, 0.1) is 0 Å². The van der Waals surface area contributed by atoms with Crippen LogP contribution in [0.15, 0.2) is 53.4 Å². The maximum atomic E-state index is 13.2. The van der Waals surface area contributed by atoms with Gasteiger partial charge in [-0.05, 0) is 50.1 Å². The second-order valence-electron chi connectivity index (χ2n) is 6.85. The monoisotopic (exact) mass is 401 g/mol. The fourth-order valence-electron chi connectivity index (χ4n) is 3.09. The van der Waals surface area contributed by atoms with Gasteiger partial charge in [0.15, 0.2) is 0 Å². The summed E-state index contributed by atoms with van der Waals surface area (Å²) in [7, 11) is -4.09. The summed E-state index contributed by atoms with van der Waals surface area (Å²) in [5.74, 6) is -0.362. The van der Waals surface area contributed by atoms with E-state index in [1.807, 2.05) is 20.8 Å². The Morgan fingerprint density at radius 2 is 1.71 bits per heavy atom. The van der Waals surface area contributed by atoms with E-state index in [2.05, 4.69) is 5.32 Å². The fraction of sp³-hybridized carbons (Fsp3) is 0.300. The molecule has 0 unspecified atom stereocenters. The number of carbonyl (C=O) groups is 2. The highest BCUT2D eigenvalue weighted by Gasteiger charge is 2.42. The summed E-state index contributed by atoms with van der Waals surface area (Å²) in [5.41, 5.74) is 1.47. The standard InChI is InChI=1S/C20H23N3O4S/c1-4-15-9-11-16(12-10-15)23-20(25)22(13-19(24)21-14(2)3)17-7-5-6-8-18(17)28(23,26)27/h5-12,14H,4,13H2,1-3H3,(H,21,24). The minimum Gasteiger partial charge on any atom is -0.352 e. The number of sulfonamides is 1. The molecule has 0 atom stereocenters. The molecular formula is C20H23N3O4S. The Morgan fingerprint density at radius 1 is 1.07 bits per heavy atom. The molecule has 8 heteroatoms. The van der Waals surface area contributed by atoms with Crippen LogP contribution in [-0.2, 0) is 21.2 Å². The number of carbonyl (C=O) groups excluding carboxylic acids is 2. The smallest absolute Gasteiger partial charge is 0.343 e. The van der Waals surface area contributed by atoms with Crippen LogP contribution in [-0.4, -0.2) is 32.9 Å². The molecule has 0 fully saturated rings. The molecule has 2 aromatic rings. The Morgan fingerprint density at radius 3 is 2.32 bits per heavy atom. The number of amides is 3. The Hall–Kier alpha value is -2.87. The van der Waals surface area contributed by atoms with Crippen molar-refractivity contribution in [2.75, 3.05) is 15.7 Å². The van der Waals surface area contributed by atoms with Crippen LogP contribution in [0.1, 0.15) is 26.3 Å². The molecule has 0 aromatic heterocycles. The molecular weight excluding hydrogens is 378 g/mol. The number of nitrogens with one attached hydrogen (secondary N) is 1. The number of rotatable bonds is 5. The van der Waals surface area contributed by atoms with Gasteiger partial charge in [0.05, 0.1) is 11.4 Å². The molecule has 0 spiro atoms. The van der Waals surface area contributed by atoms with Crippen molar-refractivity contribution < 1.29 is 18.0 Å². The van der Waals surface area contributed by atoms with Crippen molar-refractivity contribution in [3.8, 4) is 0 Å². The summed E-state index contributed by atoms with van der Waals surface area (Å²) in [5, 5.41) is 2.73. The number of para-hydroxylation sites is 1. The van der Waals surface area contributed by atoms with Gasteiger partial charge in [-0.25, -0.2) is 13.2 Å². The van der Waals surface area contributed by atoms with E-state index >= 15 is 0 Å². The number of urea groups is 1. The first-order valence-electron chi connectivity index (χ1n) is 9.10. The van der Waals surface area contributed by atoms with Gasteiger partial charge in [-0.3, -0.25) is 9.69 Å². The van der Waals surface area contributed by atoms with Gasteiger partial charge in [0.25, 0.3) is 10.0 Å². The number of hydrogen-bond acceptors (Lipinski definition) is 4. The summed E-state index contributed by atoms with van der Waals surface area (Å²) >= 11 is 0. The zero-order valence-electron chi connectivity index (χ0n) is 16.0. The van der Waals surface area contributed by atoms with Crippen LogP contribution < -0.4 is 14.5 Å². The number of benzene rings is 2.